The highest BCUT2D eigenvalue weighted by Gasteiger charge is 2.38. The predicted octanol–water partition coefficient (Wildman–Crippen LogP) is 2.46. The molecule has 0 spiro atoms. The first-order chi connectivity index (χ1) is 15.3. The number of nitrogens with one attached hydrogen (secondary N) is 1. The molecule has 0 unspecified atom stereocenters. The van der Waals surface area contributed by atoms with Crippen LogP contribution in [0.25, 0.3) is 0 Å². The number of anilines is 2. The smallest absolute Gasteiger partial charge is 0.370 e. The Kier molecular flexibility index (Phi) is 6.73. The molecule has 1 atom stereocenters. The number of amides is 2. The fourth-order valence-electron chi connectivity index (χ4n) is 4.09. The Hall–Kier alpha value is -2.17. The molecule has 7 nitrogen and oxygen atoms in total. The highest BCUT2D eigenvalue weighted by Crippen LogP contribution is 2.39. The third-order valence-electron chi connectivity index (χ3n) is 6.19. The number of hydrogen-bond acceptors (Lipinski definition) is 5. The Morgan fingerprint density at radius 2 is 1.88 bits per heavy atom. The lowest BCUT2D eigenvalue weighted by Crippen LogP contribution is -2.50. The summed E-state index contributed by atoms with van der Waals surface area (Å²) in [6, 6.07) is 2.91. The highest BCUT2D eigenvalue weighted by atomic mass is 19.4. The summed E-state index contributed by atoms with van der Waals surface area (Å²) in [5, 5.41) is 2.63. The molecule has 2 saturated carbocycles. The zero-order valence-corrected chi connectivity index (χ0v) is 17.9. The molecule has 1 heterocycles. The van der Waals surface area contributed by atoms with Crippen LogP contribution in [0.3, 0.4) is 0 Å². The lowest BCUT2D eigenvalue weighted by Gasteiger charge is -2.31. The molecule has 3 fully saturated rings. The number of benzene rings is 1. The molecule has 1 aromatic carbocycles. The number of nitrogens with zero attached hydrogens (tertiary/aromatic N) is 2. The summed E-state index contributed by atoms with van der Waals surface area (Å²) in [5.74, 6) is 0.199. The quantitative estimate of drug-likeness (QED) is 0.599. The van der Waals surface area contributed by atoms with Gasteiger partial charge in [-0.1, -0.05) is 0 Å². The van der Waals surface area contributed by atoms with Gasteiger partial charge in [0.05, 0.1) is 17.9 Å². The summed E-state index contributed by atoms with van der Waals surface area (Å²) in [6.07, 6.45) is -0.146. The molecule has 3 N–H and O–H groups in total. The van der Waals surface area contributed by atoms with Crippen molar-refractivity contribution in [3.05, 3.63) is 23.8 Å². The zero-order chi connectivity index (χ0) is 22.9. The maximum absolute atomic E-state index is 13.8. The van der Waals surface area contributed by atoms with Crippen LogP contribution in [0.2, 0.25) is 0 Å². The van der Waals surface area contributed by atoms with Crippen LogP contribution < -0.4 is 16.0 Å². The zero-order valence-electron chi connectivity index (χ0n) is 17.9. The molecule has 1 aliphatic heterocycles. The molecule has 2 aliphatic carbocycles. The van der Waals surface area contributed by atoms with Crippen molar-refractivity contribution in [1.29, 1.82) is 0 Å². The average Bonchev–Trinajstić information content (AvgIpc) is 3.65. The lowest BCUT2D eigenvalue weighted by atomic mass is 10.1. The fourth-order valence-corrected chi connectivity index (χ4v) is 4.09. The first-order valence-corrected chi connectivity index (χ1v) is 11.1. The topological polar surface area (TPSA) is 87.9 Å². The first-order valence-electron chi connectivity index (χ1n) is 11.1. The van der Waals surface area contributed by atoms with Crippen molar-refractivity contribution in [2.75, 3.05) is 49.6 Å². The van der Waals surface area contributed by atoms with Crippen LogP contribution in [0.5, 0.6) is 0 Å². The maximum atomic E-state index is 13.8. The van der Waals surface area contributed by atoms with E-state index in [1.165, 1.54) is 12.1 Å². The third kappa shape index (κ3) is 5.60. The number of ether oxygens (including phenoxy) is 1. The number of carbonyl (C=O) groups excluding carboxylic acids is 2. The molecule has 2 amide bonds. The van der Waals surface area contributed by atoms with E-state index < -0.39 is 29.6 Å². The summed E-state index contributed by atoms with van der Waals surface area (Å²) in [4.78, 5) is 28.2. The first kappa shape index (κ1) is 23.0. The second-order valence-corrected chi connectivity index (χ2v) is 8.91. The van der Waals surface area contributed by atoms with Crippen molar-refractivity contribution in [3.8, 4) is 0 Å². The van der Waals surface area contributed by atoms with E-state index in [-0.39, 0.29) is 37.7 Å². The van der Waals surface area contributed by atoms with Crippen LogP contribution in [0.1, 0.15) is 31.2 Å². The van der Waals surface area contributed by atoms with E-state index in [0.717, 1.165) is 49.7 Å². The van der Waals surface area contributed by atoms with Crippen molar-refractivity contribution >= 4 is 23.2 Å². The Bertz CT molecular complexity index is 841. The molecule has 1 aromatic rings. The number of morpholine rings is 1. The molecule has 176 valence electrons. The largest absolute Gasteiger partial charge is 0.418 e. The minimum atomic E-state index is -4.69. The van der Waals surface area contributed by atoms with E-state index >= 15 is 0 Å². The molecule has 0 aromatic heterocycles. The van der Waals surface area contributed by atoms with Gasteiger partial charge in [0.25, 0.3) is 5.91 Å². The van der Waals surface area contributed by atoms with E-state index in [2.05, 4.69) is 10.2 Å². The molecule has 0 radical (unpaired) electrons. The molecular weight excluding hydrogens is 425 g/mol. The van der Waals surface area contributed by atoms with Crippen molar-refractivity contribution in [2.45, 2.75) is 37.9 Å². The van der Waals surface area contributed by atoms with Crippen molar-refractivity contribution in [1.82, 2.24) is 4.90 Å². The van der Waals surface area contributed by atoms with Crippen LogP contribution in [0.15, 0.2) is 18.2 Å². The summed E-state index contributed by atoms with van der Waals surface area (Å²) in [5.41, 5.74) is 4.75. The van der Waals surface area contributed by atoms with Crippen molar-refractivity contribution < 1.29 is 27.5 Å². The summed E-state index contributed by atoms with van der Waals surface area (Å²) in [7, 11) is 0. The fraction of sp³-hybridized carbons (Fsp3) is 0.636. The second kappa shape index (κ2) is 9.36. The predicted molar refractivity (Wildman–Crippen MR) is 113 cm³/mol. The molecular formula is C22H29F3N4O3. The SMILES string of the molecule is NC[C@H](C(=O)Nc1ccc(N2CCOCC2=O)c(C(F)(F)F)c1)N(CC1CC1)CC1CC1. The molecule has 32 heavy (non-hydrogen) atoms. The monoisotopic (exact) mass is 454 g/mol. The van der Waals surface area contributed by atoms with E-state index in [4.69, 9.17) is 10.5 Å². The summed E-state index contributed by atoms with van der Waals surface area (Å²) >= 11 is 0. The van der Waals surface area contributed by atoms with Gasteiger partial charge in [0.1, 0.15) is 12.6 Å². The molecule has 10 heteroatoms. The van der Waals surface area contributed by atoms with Gasteiger partial charge in [-0.3, -0.25) is 14.5 Å². The molecule has 4 rings (SSSR count). The van der Waals surface area contributed by atoms with Gasteiger partial charge in [0.15, 0.2) is 0 Å². The molecule has 0 bridgehead atoms. The second-order valence-electron chi connectivity index (χ2n) is 8.91. The Labute approximate surface area is 185 Å². The number of nitrogens with two attached hydrogens (primary N) is 1. The van der Waals surface area contributed by atoms with E-state index in [0.29, 0.717) is 11.8 Å². The summed E-state index contributed by atoms with van der Waals surface area (Å²) in [6.45, 7) is 1.62. The Morgan fingerprint density at radius 1 is 1.22 bits per heavy atom. The number of rotatable bonds is 9. The minimum absolute atomic E-state index is 0.0306. The Morgan fingerprint density at radius 3 is 2.41 bits per heavy atom. The van der Waals surface area contributed by atoms with Gasteiger partial charge in [-0.2, -0.15) is 13.2 Å². The maximum Gasteiger partial charge on any atom is 0.418 e. The van der Waals surface area contributed by atoms with Crippen LogP contribution in [0.4, 0.5) is 24.5 Å². The molecule has 1 saturated heterocycles. The van der Waals surface area contributed by atoms with Gasteiger partial charge >= 0.3 is 6.18 Å². The summed E-state index contributed by atoms with van der Waals surface area (Å²) < 4.78 is 46.4. The van der Waals surface area contributed by atoms with Gasteiger partial charge < -0.3 is 20.7 Å². The standard InChI is InChI=1S/C22H29F3N4O3/c23-22(24,25)17-9-16(5-6-18(17)29-7-8-32-13-20(29)30)27-21(31)19(10-26)28(11-14-1-2-14)12-15-3-4-15/h5-6,9,14-15,19H,1-4,7-8,10-13,26H2,(H,27,31)/t19-/m1/s1. The van der Waals surface area contributed by atoms with Crippen LogP contribution in [-0.4, -0.2) is 62.1 Å². The van der Waals surface area contributed by atoms with Gasteiger partial charge in [0, 0.05) is 31.9 Å². The van der Waals surface area contributed by atoms with Crippen LogP contribution in [-0.2, 0) is 20.5 Å². The number of halogens is 3. The van der Waals surface area contributed by atoms with E-state index in [9.17, 15) is 22.8 Å². The van der Waals surface area contributed by atoms with E-state index in [1.807, 2.05) is 0 Å². The van der Waals surface area contributed by atoms with Gasteiger partial charge in [-0.05, 0) is 55.7 Å². The normalized spacial score (nSPS) is 20.5. The van der Waals surface area contributed by atoms with Crippen LogP contribution >= 0.6 is 0 Å². The molecule has 3 aliphatic rings. The minimum Gasteiger partial charge on any atom is -0.370 e. The lowest BCUT2D eigenvalue weighted by molar-refractivity contribution is -0.137. The van der Waals surface area contributed by atoms with Gasteiger partial charge in [0.2, 0.25) is 5.91 Å². The number of carbonyl (C=O) groups is 2. The van der Waals surface area contributed by atoms with Crippen molar-refractivity contribution in [3.63, 3.8) is 0 Å². The van der Waals surface area contributed by atoms with Gasteiger partial charge in [-0.25, -0.2) is 0 Å². The Balaban J connectivity index is 1.53. The van der Waals surface area contributed by atoms with Crippen LogP contribution in [0, 0.1) is 11.8 Å². The third-order valence-corrected chi connectivity index (χ3v) is 6.19. The van der Waals surface area contributed by atoms with Crippen molar-refractivity contribution in [2.24, 2.45) is 17.6 Å². The highest BCUT2D eigenvalue weighted by molar-refractivity contribution is 5.98. The van der Waals surface area contributed by atoms with Gasteiger partial charge in [-0.15, -0.1) is 0 Å². The number of hydrogen-bond donors (Lipinski definition) is 2. The van der Waals surface area contributed by atoms with E-state index in [1.54, 1.807) is 0 Å². The number of alkyl halides is 3. The average molecular weight is 454 g/mol.